The van der Waals surface area contributed by atoms with Gasteiger partial charge in [-0.1, -0.05) is 23.7 Å². The fourth-order valence-corrected chi connectivity index (χ4v) is 3.79. The minimum absolute atomic E-state index is 0.0162. The monoisotopic (exact) mass is 424 g/mol. The summed E-state index contributed by atoms with van der Waals surface area (Å²) in [6.07, 6.45) is 0.786. The number of nitrogens with zero attached hydrogens (tertiary/aromatic N) is 1. The largest absolute Gasteiger partial charge is 0.492 e. The van der Waals surface area contributed by atoms with E-state index in [-0.39, 0.29) is 23.0 Å². The van der Waals surface area contributed by atoms with E-state index >= 15 is 0 Å². The number of nitrogens with one attached hydrogen (secondary N) is 1. The van der Waals surface area contributed by atoms with Crippen LogP contribution in [0.1, 0.15) is 24.5 Å². The quantitative estimate of drug-likeness (QED) is 0.697. The molecule has 2 aromatic rings. The van der Waals surface area contributed by atoms with Gasteiger partial charge < -0.3 is 10.1 Å². The van der Waals surface area contributed by atoms with Gasteiger partial charge in [0.1, 0.15) is 10.6 Å². The first-order valence-electron chi connectivity index (χ1n) is 8.89. The molecule has 0 heterocycles. The smallest absolute Gasteiger partial charge is 0.246 e. The van der Waals surface area contributed by atoms with Crippen molar-refractivity contribution in [3.05, 3.63) is 52.5 Å². The highest BCUT2D eigenvalue weighted by molar-refractivity contribution is 7.89. The van der Waals surface area contributed by atoms with E-state index < -0.39 is 10.0 Å². The number of sulfonamides is 1. The zero-order valence-corrected chi connectivity index (χ0v) is 18.0. The molecule has 0 atom stereocenters. The van der Waals surface area contributed by atoms with Crippen LogP contribution in [-0.4, -0.2) is 39.3 Å². The van der Waals surface area contributed by atoms with Crippen molar-refractivity contribution in [2.24, 2.45) is 0 Å². The lowest BCUT2D eigenvalue weighted by molar-refractivity contribution is -0.116. The van der Waals surface area contributed by atoms with Gasteiger partial charge in [0.25, 0.3) is 0 Å². The highest BCUT2D eigenvalue weighted by Crippen LogP contribution is 2.29. The number of carbonyl (C=O) groups excluding carboxylic acids is 1. The SMILES string of the molecule is CCOc1ccc(NC(=O)CCc2ccc(C)c(Cl)c2)cc1S(=O)(=O)N(C)C. The maximum atomic E-state index is 12.6. The zero-order chi connectivity index (χ0) is 20.9. The Morgan fingerprint density at radius 3 is 2.50 bits per heavy atom. The number of carbonyl (C=O) groups is 1. The molecule has 0 saturated carbocycles. The van der Waals surface area contributed by atoms with Gasteiger partial charge in [0.2, 0.25) is 15.9 Å². The van der Waals surface area contributed by atoms with E-state index in [1.54, 1.807) is 19.1 Å². The summed E-state index contributed by atoms with van der Waals surface area (Å²) in [5, 5.41) is 3.42. The Kier molecular flexibility index (Phi) is 7.46. The lowest BCUT2D eigenvalue weighted by Crippen LogP contribution is -2.23. The van der Waals surface area contributed by atoms with Crippen LogP contribution in [0, 0.1) is 6.92 Å². The van der Waals surface area contributed by atoms with Crippen LogP contribution in [0.25, 0.3) is 0 Å². The van der Waals surface area contributed by atoms with Gasteiger partial charge in [-0.15, -0.1) is 0 Å². The number of hydrogen-bond donors (Lipinski definition) is 1. The van der Waals surface area contributed by atoms with E-state index in [9.17, 15) is 13.2 Å². The second kappa shape index (κ2) is 9.41. The molecule has 28 heavy (non-hydrogen) atoms. The van der Waals surface area contributed by atoms with Gasteiger partial charge >= 0.3 is 0 Å². The fourth-order valence-electron chi connectivity index (χ4n) is 2.53. The third-order valence-corrected chi connectivity index (χ3v) is 6.41. The van der Waals surface area contributed by atoms with Gasteiger partial charge in [0.15, 0.2) is 0 Å². The lowest BCUT2D eigenvalue weighted by Gasteiger charge is -2.16. The Morgan fingerprint density at radius 2 is 1.89 bits per heavy atom. The molecule has 0 aliphatic heterocycles. The molecule has 0 unspecified atom stereocenters. The molecule has 1 N–H and O–H groups in total. The van der Waals surface area contributed by atoms with Gasteiger partial charge in [0, 0.05) is 31.2 Å². The predicted molar refractivity (Wildman–Crippen MR) is 112 cm³/mol. The number of anilines is 1. The van der Waals surface area contributed by atoms with Crippen LogP contribution in [0.15, 0.2) is 41.3 Å². The Morgan fingerprint density at radius 1 is 1.18 bits per heavy atom. The summed E-state index contributed by atoms with van der Waals surface area (Å²) in [5.74, 6) is 0.0394. The lowest BCUT2D eigenvalue weighted by atomic mass is 10.1. The fraction of sp³-hybridized carbons (Fsp3) is 0.350. The summed E-state index contributed by atoms with van der Waals surface area (Å²) in [7, 11) is -0.815. The molecule has 6 nitrogen and oxygen atoms in total. The Labute approximate surface area is 171 Å². The predicted octanol–water partition coefficient (Wildman–Crippen LogP) is 3.87. The van der Waals surface area contributed by atoms with Crippen LogP contribution in [0.4, 0.5) is 5.69 Å². The van der Waals surface area contributed by atoms with Crippen LogP contribution < -0.4 is 10.1 Å². The van der Waals surface area contributed by atoms with Gasteiger partial charge in [-0.05, 0) is 55.7 Å². The van der Waals surface area contributed by atoms with E-state index in [0.717, 1.165) is 15.4 Å². The molecule has 0 fully saturated rings. The van der Waals surface area contributed by atoms with Crippen molar-refractivity contribution in [2.75, 3.05) is 26.0 Å². The standard InChI is InChI=1S/C20H25ClN2O4S/c1-5-27-18-10-9-16(13-19(18)28(25,26)23(3)4)22-20(24)11-8-15-7-6-14(2)17(21)12-15/h6-7,9-10,12-13H,5,8,11H2,1-4H3,(H,22,24). The van der Waals surface area contributed by atoms with Crippen LogP contribution in [-0.2, 0) is 21.2 Å². The third kappa shape index (κ3) is 5.47. The summed E-state index contributed by atoms with van der Waals surface area (Å²) in [4.78, 5) is 12.3. The molecule has 0 spiro atoms. The van der Waals surface area contributed by atoms with Crippen molar-refractivity contribution < 1.29 is 17.9 Å². The van der Waals surface area contributed by atoms with E-state index in [1.165, 1.54) is 20.2 Å². The summed E-state index contributed by atoms with van der Waals surface area (Å²) in [6, 6.07) is 10.3. The second-order valence-electron chi connectivity index (χ2n) is 6.51. The molecule has 0 saturated heterocycles. The van der Waals surface area contributed by atoms with Crippen molar-refractivity contribution >= 4 is 33.2 Å². The van der Waals surface area contributed by atoms with Crippen molar-refractivity contribution in [3.8, 4) is 5.75 Å². The average Bonchev–Trinajstić information content (AvgIpc) is 2.64. The molecule has 0 radical (unpaired) electrons. The summed E-state index contributed by atoms with van der Waals surface area (Å²) in [6.45, 7) is 4.03. The number of halogens is 1. The topological polar surface area (TPSA) is 75.7 Å². The zero-order valence-electron chi connectivity index (χ0n) is 16.5. The number of rotatable bonds is 8. The highest BCUT2D eigenvalue weighted by Gasteiger charge is 2.23. The van der Waals surface area contributed by atoms with Crippen LogP contribution in [0.5, 0.6) is 5.75 Å². The van der Waals surface area contributed by atoms with Crippen molar-refractivity contribution in [2.45, 2.75) is 31.6 Å². The first kappa shape index (κ1) is 22.2. The van der Waals surface area contributed by atoms with Gasteiger partial charge in [-0.2, -0.15) is 0 Å². The molecule has 1 amide bonds. The molecular formula is C20H25ClN2O4S. The van der Waals surface area contributed by atoms with Crippen molar-refractivity contribution in [1.82, 2.24) is 4.31 Å². The molecule has 8 heteroatoms. The van der Waals surface area contributed by atoms with Crippen molar-refractivity contribution in [3.63, 3.8) is 0 Å². The molecule has 0 aliphatic rings. The van der Waals surface area contributed by atoms with Gasteiger partial charge in [0.05, 0.1) is 6.61 Å². The Bertz CT molecular complexity index is 959. The first-order valence-corrected chi connectivity index (χ1v) is 10.7. The van der Waals surface area contributed by atoms with Crippen LogP contribution >= 0.6 is 11.6 Å². The highest BCUT2D eigenvalue weighted by atomic mass is 35.5. The minimum atomic E-state index is -3.71. The van der Waals surface area contributed by atoms with Gasteiger partial charge in [-0.3, -0.25) is 4.79 Å². The second-order valence-corrected chi connectivity index (χ2v) is 9.04. The minimum Gasteiger partial charge on any atom is -0.492 e. The number of ether oxygens (including phenoxy) is 1. The Hall–Kier alpha value is -2.09. The van der Waals surface area contributed by atoms with Crippen molar-refractivity contribution in [1.29, 1.82) is 0 Å². The molecule has 0 aliphatic carbocycles. The van der Waals surface area contributed by atoms with Gasteiger partial charge in [-0.25, -0.2) is 12.7 Å². The number of aryl methyl sites for hydroxylation is 2. The number of benzene rings is 2. The third-order valence-electron chi connectivity index (χ3n) is 4.16. The summed E-state index contributed by atoms with van der Waals surface area (Å²) in [5.41, 5.74) is 2.35. The average molecular weight is 425 g/mol. The first-order chi connectivity index (χ1) is 13.1. The van der Waals surface area contributed by atoms with Crippen LogP contribution in [0.3, 0.4) is 0 Å². The molecule has 152 valence electrons. The molecule has 2 aromatic carbocycles. The van der Waals surface area contributed by atoms with E-state index in [0.29, 0.717) is 23.7 Å². The molecule has 0 aromatic heterocycles. The van der Waals surface area contributed by atoms with Crippen LogP contribution in [0.2, 0.25) is 5.02 Å². The summed E-state index contributed by atoms with van der Waals surface area (Å²) >= 11 is 6.11. The summed E-state index contributed by atoms with van der Waals surface area (Å²) < 4.78 is 31.7. The van der Waals surface area contributed by atoms with E-state index in [1.807, 2.05) is 25.1 Å². The maximum absolute atomic E-state index is 12.6. The number of hydrogen-bond acceptors (Lipinski definition) is 4. The van der Waals surface area contributed by atoms with E-state index in [2.05, 4.69) is 5.32 Å². The molecule has 2 rings (SSSR count). The molecule has 0 bridgehead atoms. The normalized spacial score (nSPS) is 11.5. The maximum Gasteiger partial charge on any atom is 0.246 e. The molecular weight excluding hydrogens is 400 g/mol. The van der Waals surface area contributed by atoms with E-state index in [4.69, 9.17) is 16.3 Å². The number of amides is 1. The Balaban J connectivity index is 2.14.